The Morgan fingerprint density at radius 2 is 1.91 bits per heavy atom. The smallest absolute Gasteiger partial charge is 0.354 e. The van der Waals surface area contributed by atoms with Crippen LogP contribution in [0.3, 0.4) is 0 Å². The summed E-state index contributed by atoms with van der Waals surface area (Å²) < 4.78 is 13.8. The topological polar surface area (TPSA) is 117 Å². The van der Waals surface area contributed by atoms with Gasteiger partial charge in [-0.15, -0.1) is 0 Å². The summed E-state index contributed by atoms with van der Waals surface area (Å²) in [7, 11) is 3.51. The molecule has 0 heterocycles. The molecule has 1 rings (SSSR count). The Hall–Kier alpha value is -3.10. The Labute approximate surface area is 125 Å². The number of hydrogen-bond donors (Lipinski definition) is 1. The second kappa shape index (κ2) is 7.62. The number of nitrogens with one attached hydrogen (secondary N) is 1. The summed E-state index contributed by atoms with van der Waals surface area (Å²) in [6.07, 6.45) is 0.828. The van der Waals surface area contributed by atoms with Gasteiger partial charge in [-0.2, -0.15) is 0 Å². The fourth-order valence-electron chi connectivity index (χ4n) is 1.55. The summed E-state index contributed by atoms with van der Waals surface area (Å²) in [5, 5.41) is 13.6. The van der Waals surface area contributed by atoms with Crippen LogP contribution in [-0.4, -0.2) is 38.2 Å². The molecule has 0 amide bonds. The van der Waals surface area contributed by atoms with Crippen LogP contribution in [0.25, 0.3) is 0 Å². The molecule has 0 aliphatic rings. The average molecular weight is 310 g/mol. The minimum Gasteiger partial charge on any atom is -0.490 e. The van der Waals surface area contributed by atoms with E-state index in [1.807, 2.05) is 0 Å². The summed E-state index contributed by atoms with van der Waals surface area (Å²) in [5.41, 5.74) is -0.736. The minimum absolute atomic E-state index is 0.00251. The second-order valence-electron chi connectivity index (χ2n) is 3.81. The zero-order chi connectivity index (χ0) is 16.7. The lowest BCUT2D eigenvalue weighted by atomic mass is 10.2. The molecule has 0 aliphatic heterocycles. The van der Waals surface area contributed by atoms with Crippen LogP contribution in [0.1, 0.15) is 0 Å². The highest BCUT2D eigenvalue weighted by molar-refractivity contribution is 5.99. The third-order valence-electron chi connectivity index (χ3n) is 2.54. The molecule has 0 aromatic heterocycles. The SMILES string of the molecule is COC(=O)/C=C(\Nc1cccc(OC)c1[N+](=O)[O-])C(=O)OC. The van der Waals surface area contributed by atoms with Crippen molar-refractivity contribution in [1.29, 1.82) is 0 Å². The molecule has 0 spiro atoms. The van der Waals surface area contributed by atoms with Crippen LogP contribution in [0.2, 0.25) is 0 Å². The van der Waals surface area contributed by atoms with E-state index in [0.29, 0.717) is 0 Å². The predicted molar refractivity (Wildman–Crippen MR) is 75.4 cm³/mol. The molecule has 22 heavy (non-hydrogen) atoms. The average Bonchev–Trinajstić information content (AvgIpc) is 2.52. The summed E-state index contributed by atoms with van der Waals surface area (Å²) in [4.78, 5) is 33.4. The van der Waals surface area contributed by atoms with Gasteiger partial charge in [-0.25, -0.2) is 9.59 Å². The second-order valence-corrected chi connectivity index (χ2v) is 3.81. The standard InChI is InChI=1S/C13H14N2O7/c1-20-10-6-4-5-8(12(10)15(18)19)14-9(13(17)22-3)7-11(16)21-2/h4-7,14H,1-3H3/b9-7-. The molecule has 0 fully saturated rings. The molecule has 9 nitrogen and oxygen atoms in total. The van der Waals surface area contributed by atoms with E-state index < -0.39 is 16.9 Å². The predicted octanol–water partition coefficient (Wildman–Crippen LogP) is 1.25. The highest BCUT2D eigenvalue weighted by Crippen LogP contribution is 2.35. The van der Waals surface area contributed by atoms with Crippen LogP contribution < -0.4 is 10.1 Å². The number of esters is 2. The Bertz CT molecular complexity index is 625. The van der Waals surface area contributed by atoms with E-state index in [9.17, 15) is 19.7 Å². The Balaban J connectivity index is 3.30. The van der Waals surface area contributed by atoms with E-state index in [0.717, 1.165) is 20.3 Å². The highest BCUT2D eigenvalue weighted by Gasteiger charge is 2.23. The zero-order valence-electron chi connectivity index (χ0n) is 12.1. The Kier molecular flexibility index (Phi) is 5.87. The van der Waals surface area contributed by atoms with E-state index in [2.05, 4.69) is 14.8 Å². The van der Waals surface area contributed by atoms with Gasteiger partial charge in [0, 0.05) is 0 Å². The molecule has 0 saturated carbocycles. The third-order valence-corrected chi connectivity index (χ3v) is 2.54. The molecule has 0 unspecified atom stereocenters. The first-order valence-electron chi connectivity index (χ1n) is 5.91. The van der Waals surface area contributed by atoms with Crippen molar-refractivity contribution in [3.8, 4) is 5.75 Å². The number of nitro benzene ring substituents is 1. The summed E-state index contributed by atoms with van der Waals surface area (Å²) >= 11 is 0. The summed E-state index contributed by atoms with van der Waals surface area (Å²) in [6, 6.07) is 4.24. The molecule has 118 valence electrons. The van der Waals surface area contributed by atoms with Gasteiger partial charge in [-0.05, 0) is 12.1 Å². The number of methoxy groups -OCH3 is 3. The Morgan fingerprint density at radius 1 is 1.23 bits per heavy atom. The largest absolute Gasteiger partial charge is 0.490 e. The molecule has 0 bridgehead atoms. The number of nitro groups is 1. The molecule has 1 aromatic carbocycles. The van der Waals surface area contributed by atoms with Gasteiger partial charge >= 0.3 is 17.6 Å². The monoisotopic (exact) mass is 310 g/mol. The maximum Gasteiger partial charge on any atom is 0.354 e. The van der Waals surface area contributed by atoms with Crippen molar-refractivity contribution in [2.24, 2.45) is 0 Å². The van der Waals surface area contributed by atoms with Gasteiger partial charge in [0.1, 0.15) is 11.4 Å². The quantitative estimate of drug-likeness (QED) is 0.361. The van der Waals surface area contributed by atoms with E-state index in [1.54, 1.807) is 0 Å². The van der Waals surface area contributed by atoms with Crippen molar-refractivity contribution in [2.75, 3.05) is 26.6 Å². The van der Waals surface area contributed by atoms with E-state index in [1.165, 1.54) is 25.3 Å². The molecule has 9 heteroatoms. The lowest BCUT2D eigenvalue weighted by molar-refractivity contribution is -0.384. The first-order valence-corrected chi connectivity index (χ1v) is 5.91. The van der Waals surface area contributed by atoms with Crippen molar-refractivity contribution >= 4 is 23.3 Å². The maximum atomic E-state index is 11.6. The van der Waals surface area contributed by atoms with Gasteiger partial charge in [-0.1, -0.05) is 6.07 Å². The molecule has 0 saturated heterocycles. The minimum atomic E-state index is -0.887. The first kappa shape index (κ1) is 17.0. The van der Waals surface area contributed by atoms with Crippen molar-refractivity contribution < 1.29 is 28.7 Å². The molecular formula is C13H14N2O7. The van der Waals surface area contributed by atoms with Crippen LogP contribution in [-0.2, 0) is 19.1 Å². The van der Waals surface area contributed by atoms with Crippen LogP contribution in [0.15, 0.2) is 30.0 Å². The van der Waals surface area contributed by atoms with Gasteiger partial charge in [0.05, 0.1) is 32.3 Å². The summed E-state index contributed by atoms with van der Waals surface area (Å²) in [5.74, 6) is -1.71. The lowest BCUT2D eigenvalue weighted by Crippen LogP contribution is -2.16. The fraction of sp³-hybridized carbons (Fsp3) is 0.231. The van der Waals surface area contributed by atoms with Gasteiger partial charge in [-0.3, -0.25) is 10.1 Å². The fourth-order valence-corrected chi connectivity index (χ4v) is 1.55. The number of carbonyl (C=O) groups is 2. The number of para-hydroxylation sites is 1. The number of rotatable bonds is 6. The number of carbonyl (C=O) groups excluding carboxylic acids is 2. The van der Waals surface area contributed by atoms with Crippen molar-refractivity contribution in [1.82, 2.24) is 0 Å². The molecule has 0 radical (unpaired) electrons. The van der Waals surface area contributed by atoms with Gasteiger partial charge in [0.25, 0.3) is 0 Å². The highest BCUT2D eigenvalue weighted by atomic mass is 16.6. The first-order chi connectivity index (χ1) is 10.4. The normalized spacial score (nSPS) is 10.6. The van der Waals surface area contributed by atoms with E-state index in [-0.39, 0.29) is 22.8 Å². The van der Waals surface area contributed by atoms with Crippen LogP contribution in [0.4, 0.5) is 11.4 Å². The molecule has 0 atom stereocenters. The number of hydrogen-bond acceptors (Lipinski definition) is 8. The van der Waals surface area contributed by atoms with Crippen LogP contribution >= 0.6 is 0 Å². The number of nitrogens with zero attached hydrogens (tertiary/aromatic N) is 1. The van der Waals surface area contributed by atoms with Crippen molar-refractivity contribution in [3.05, 3.63) is 40.1 Å². The third kappa shape index (κ3) is 3.95. The number of ether oxygens (including phenoxy) is 3. The number of benzene rings is 1. The van der Waals surface area contributed by atoms with Crippen molar-refractivity contribution in [3.63, 3.8) is 0 Å². The maximum absolute atomic E-state index is 11.6. The summed E-state index contributed by atoms with van der Waals surface area (Å²) in [6.45, 7) is 0. The van der Waals surface area contributed by atoms with Crippen LogP contribution in [0.5, 0.6) is 5.75 Å². The lowest BCUT2D eigenvalue weighted by Gasteiger charge is -2.11. The van der Waals surface area contributed by atoms with Gasteiger partial charge in [0.2, 0.25) is 0 Å². The Morgan fingerprint density at radius 3 is 2.41 bits per heavy atom. The van der Waals surface area contributed by atoms with Gasteiger partial charge in [0.15, 0.2) is 5.75 Å². The van der Waals surface area contributed by atoms with Crippen molar-refractivity contribution in [2.45, 2.75) is 0 Å². The molecular weight excluding hydrogens is 296 g/mol. The van der Waals surface area contributed by atoms with E-state index in [4.69, 9.17) is 4.74 Å². The number of anilines is 1. The molecule has 1 N–H and O–H groups in total. The zero-order valence-corrected chi connectivity index (χ0v) is 12.1. The van der Waals surface area contributed by atoms with E-state index >= 15 is 0 Å². The molecule has 0 aliphatic carbocycles. The molecule has 1 aromatic rings. The van der Waals surface area contributed by atoms with Crippen LogP contribution in [0, 0.1) is 10.1 Å². The van der Waals surface area contributed by atoms with Gasteiger partial charge < -0.3 is 19.5 Å².